The highest BCUT2D eigenvalue weighted by atomic mass is 35.5. The van der Waals surface area contributed by atoms with Crippen LogP contribution in [0, 0.1) is 5.92 Å². The van der Waals surface area contributed by atoms with E-state index in [-0.39, 0.29) is 36.9 Å². The minimum absolute atomic E-state index is 0. The Morgan fingerprint density at radius 3 is 2.56 bits per heavy atom. The third-order valence-corrected chi connectivity index (χ3v) is 4.57. The van der Waals surface area contributed by atoms with Crippen LogP contribution in [0.2, 0.25) is 0 Å². The topological polar surface area (TPSA) is 73.6 Å². The third kappa shape index (κ3) is 3.75. The van der Waals surface area contributed by atoms with Crippen molar-refractivity contribution in [2.45, 2.75) is 18.5 Å². The summed E-state index contributed by atoms with van der Waals surface area (Å²) in [5, 5.41) is 2.72. The molecule has 1 heterocycles. The van der Waals surface area contributed by atoms with E-state index in [4.69, 9.17) is 15.2 Å². The molecule has 5 nitrogen and oxygen atoms in total. The van der Waals surface area contributed by atoms with Gasteiger partial charge in [-0.3, -0.25) is 4.79 Å². The van der Waals surface area contributed by atoms with Crippen LogP contribution in [0.3, 0.4) is 0 Å². The predicted molar refractivity (Wildman–Crippen MR) is 95.1 cm³/mol. The molecule has 1 saturated carbocycles. The fourth-order valence-corrected chi connectivity index (χ4v) is 3.09. The summed E-state index contributed by atoms with van der Waals surface area (Å²) in [7, 11) is 0. The lowest BCUT2D eigenvalue weighted by Gasteiger charge is -2.10. The number of nitrogens with two attached hydrogens (primary N) is 1. The zero-order valence-corrected chi connectivity index (χ0v) is 14.7. The maximum atomic E-state index is 12.8. The predicted octanol–water partition coefficient (Wildman–Crippen LogP) is 4.18. The fraction of sp³-hybridized carbons (Fsp3) is 0.278. The van der Waals surface area contributed by atoms with Crippen molar-refractivity contribution in [2.24, 2.45) is 5.92 Å². The van der Waals surface area contributed by atoms with E-state index < -0.39 is 11.7 Å². The Morgan fingerprint density at radius 2 is 1.85 bits per heavy atom. The van der Waals surface area contributed by atoms with Crippen molar-refractivity contribution in [3.8, 4) is 11.5 Å². The summed E-state index contributed by atoms with van der Waals surface area (Å²) in [4.78, 5) is 12.4. The molecule has 1 aliphatic carbocycles. The smallest absolute Gasteiger partial charge is 0.416 e. The molecule has 2 atom stereocenters. The minimum atomic E-state index is -4.40. The summed E-state index contributed by atoms with van der Waals surface area (Å²) in [5.74, 6) is 0.0994. The van der Waals surface area contributed by atoms with Gasteiger partial charge in [-0.15, -0.1) is 12.4 Å². The van der Waals surface area contributed by atoms with Crippen LogP contribution in [0.4, 0.5) is 24.5 Å². The number of anilines is 2. The highest BCUT2D eigenvalue weighted by Gasteiger charge is 2.45. The summed E-state index contributed by atoms with van der Waals surface area (Å²) in [5.41, 5.74) is 6.44. The number of hydrogen-bond donors (Lipinski definition) is 2. The second-order valence-corrected chi connectivity index (χ2v) is 6.35. The quantitative estimate of drug-likeness (QED) is 0.758. The Labute approximate surface area is 159 Å². The van der Waals surface area contributed by atoms with Crippen molar-refractivity contribution in [3.05, 3.63) is 47.5 Å². The van der Waals surface area contributed by atoms with E-state index in [1.807, 2.05) is 0 Å². The number of hydrogen-bond acceptors (Lipinski definition) is 4. The van der Waals surface area contributed by atoms with Gasteiger partial charge in [0.1, 0.15) is 0 Å². The SMILES string of the molecule is Cl.Nc1cc2c(cc1NC(=O)C1CC1c1cccc(C(F)(F)F)c1)OCO2. The van der Waals surface area contributed by atoms with Crippen LogP contribution in [0.1, 0.15) is 23.5 Å². The highest BCUT2D eigenvalue weighted by molar-refractivity contribution is 5.98. The van der Waals surface area contributed by atoms with Crippen molar-refractivity contribution < 1.29 is 27.4 Å². The average molecular weight is 401 g/mol. The fourth-order valence-electron chi connectivity index (χ4n) is 3.09. The second kappa shape index (κ2) is 6.84. The van der Waals surface area contributed by atoms with E-state index in [9.17, 15) is 18.0 Å². The number of ether oxygens (including phenoxy) is 2. The first-order valence-electron chi connectivity index (χ1n) is 8.00. The number of nitrogens with one attached hydrogen (secondary N) is 1. The standard InChI is InChI=1S/C18H15F3N2O3.ClH/c19-18(20,21)10-3-1-2-9(4-10)11-5-12(11)17(24)23-14-7-16-15(6-13(14)22)25-8-26-16;/h1-4,6-7,11-12H,5,8,22H2,(H,23,24);1H. The lowest BCUT2D eigenvalue weighted by atomic mass is 10.1. The van der Waals surface area contributed by atoms with Crippen LogP contribution in [0.5, 0.6) is 11.5 Å². The summed E-state index contributed by atoms with van der Waals surface area (Å²) in [6.07, 6.45) is -3.90. The van der Waals surface area contributed by atoms with Gasteiger partial charge in [-0.25, -0.2) is 0 Å². The number of fused-ring (bicyclic) bond motifs is 1. The molecular formula is C18H16ClF3N2O3. The van der Waals surface area contributed by atoms with Gasteiger partial charge < -0.3 is 20.5 Å². The Bertz CT molecular complexity index is 889. The molecule has 0 spiro atoms. The van der Waals surface area contributed by atoms with Gasteiger partial charge in [0.05, 0.1) is 16.9 Å². The van der Waals surface area contributed by atoms with Crippen LogP contribution >= 0.6 is 12.4 Å². The van der Waals surface area contributed by atoms with Gasteiger partial charge in [0.2, 0.25) is 12.7 Å². The molecule has 0 bridgehead atoms. The number of amides is 1. The first-order valence-corrected chi connectivity index (χ1v) is 8.00. The van der Waals surface area contributed by atoms with Gasteiger partial charge in [0.15, 0.2) is 11.5 Å². The lowest BCUT2D eigenvalue weighted by Crippen LogP contribution is -2.15. The number of benzene rings is 2. The van der Waals surface area contributed by atoms with E-state index in [0.717, 1.165) is 12.1 Å². The zero-order chi connectivity index (χ0) is 18.5. The van der Waals surface area contributed by atoms with Crippen molar-refractivity contribution in [1.82, 2.24) is 0 Å². The molecular weight excluding hydrogens is 385 g/mol. The molecule has 4 rings (SSSR count). The third-order valence-electron chi connectivity index (χ3n) is 4.57. The molecule has 1 aliphatic heterocycles. The van der Waals surface area contributed by atoms with Gasteiger partial charge in [0, 0.05) is 18.1 Å². The van der Waals surface area contributed by atoms with Gasteiger partial charge in [-0.05, 0) is 24.0 Å². The summed E-state index contributed by atoms with van der Waals surface area (Å²) >= 11 is 0. The molecule has 2 unspecified atom stereocenters. The number of nitrogen functional groups attached to an aromatic ring is 1. The molecule has 1 amide bonds. The maximum absolute atomic E-state index is 12.8. The monoisotopic (exact) mass is 400 g/mol. The molecule has 0 radical (unpaired) electrons. The first-order chi connectivity index (χ1) is 12.3. The molecule has 1 fully saturated rings. The Balaban J connectivity index is 0.00000210. The maximum Gasteiger partial charge on any atom is 0.416 e. The number of halogens is 4. The normalized spacial score (nSPS) is 20.0. The Morgan fingerprint density at radius 1 is 1.15 bits per heavy atom. The van der Waals surface area contributed by atoms with Crippen molar-refractivity contribution in [3.63, 3.8) is 0 Å². The lowest BCUT2D eigenvalue weighted by molar-refractivity contribution is -0.137. The van der Waals surface area contributed by atoms with Crippen LogP contribution < -0.4 is 20.5 Å². The van der Waals surface area contributed by atoms with Crippen LogP contribution in [-0.2, 0) is 11.0 Å². The van der Waals surface area contributed by atoms with E-state index >= 15 is 0 Å². The molecule has 3 N–H and O–H groups in total. The van der Waals surface area contributed by atoms with Crippen LogP contribution in [0.25, 0.3) is 0 Å². The highest BCUT2D eigenvalue weighted by Crippen LogP contribution is 2.49. The number of carbonyl (C=O) groups excluding carboxylic acids is 1. The van der Waals surface area contributed by atoms with E-state index in [2.05, 4.69) is 5.32 Å². The summed E-state index contributed by atoms with van der Waals surface area (Å²) in [6, 6.07) is 8.25. The number of carbonyl (C=O) groups is 1. The van der Waals surface area contributed by atoms with E-state index in [0.29, 0.717) is 34.9 Å². The largest absolute Gasteiger partial charge is 0.454 e. The molecule has 2 aromatic rings. The molecule has 27 heavy (non-hydrogen) atoms. The van der Waals surface area contributed by atoms with E-state index in [1.54, 1.807) is 18.2 Å². The molecule has 2 aromatic carbocycles. The zero-order valence-electron chi connectivity index (χ0n) is 13.9. The Hall–Kier alpha value is -2.61. The Kier molecular flexibility index (Phi) is 4.86. The molecule has 2 aliphatic rings. The summed E-state index contributed by atoms with van der Waals surface area (Å²) < 4.78 is 49.0. The molecule has 0 saturated heterocycles. The molecule has 144 valence electrons. The van der Waals surface area contributed by atoms with Gasteiger partial charge in [0.25, 0.3) is 0 Å². The van der Waals surface area contributed by atoms with Crippen LogP contribution in [0.15, 0.2) is 36.4 Å². The first kappa shape index (κ1) is 19.2. The van der Waals surface area contributed by atoms with E-state index in [1.165, 1.54) is 6.07 Å². The van der Waals surface area contributed by atoms with Gasteiger partial charge >= 0.3 is 6.18 Å². The van der Waals surface area contributed by atoms with Crippen molar-refractivity contribution in [2.75, 3.05) is 17.8 Å². The molecule has 9 heteroatoms. The number of rotatable bonds is 3. The van der Waals surface area contributed by atoms with Gasteiger partial charge in [-0.1, -0.05) is 18.2 Å². The molecule has 0 aromatic heterocycles. The van der Waals surface area contributed by atoms with Crippen LogP contribution in [-0.4, -0.2) is 12.7 Å². The van der Waals surface area contributed by atoms with Gasteiger partial charge in [-0.2, -0.15) is 13.2 Å². The minimum Gasteiger partial charge on any atom is -0.454 e. The number of alkyl halides is 3. The average Bonchev–Trinajstić information content (AvgIpc) is 3.28. The van der Waals surface area contributed by atoms with Crippen molar-refractivity contribution in [1.29, 1.82) is 0 Å². The van der Waals surface area contributed by atoms with Crippen molar-refractivity contribution >= 4 is 29.7 Å². The summed E-state index contributed by atoms with van der Waals surface area (Å²) in [6.45, 7) is 0.0897. The second-order valence-electron chi connectivity index (χ2n) is 6.35.